The molecule has 1 aromatic carbocycles. The summed E-state index contributed by atoms with van der Waals surface area (Å²) in [5.74, 6) is -0.0930. The van der Waals surface area contributed by atoms with Gasteiger partial charge in [-0.25, -0.2) is 0 Å². The number of unbranched alkanes of at least 4 members (excludes halogenated alkanes) is 3. The molecule has 1 atom stereocenters. The van der Waals surface area contributed by atoms with E-state index in [9.17, 15) is 9.59 Å². The minimum Gasteiger partial charge on any atom is -0.426 e. The van der Waals surface area contributed by atoms with Crippen molar-refractivity contribution in [1.29, 1.82) is 0 Å². The minimum absolute atomic E-state index is 0.0218. The van der Waals surface area contributed by atoms with Crippen LogP contribution in [-0.4, -0.2) is 16.6 Å². The SMILES string of the molecule is CCCCCCC(Br)C(=O)c1cc(C)ccc1OC(C)=O. The fourth-order valence-corrected chi connectivity index (χ4v) is 2.70. The number of rotatable bonds is 8. The summed E-state index contributed by atoms with van der Waals surface area (Å²) in [5.41, 5.74) is 1.45. The summed E-state index contributed by atoms with van der Waals surface area (Å²) in [6.07, 6.45) is 5.32. The van der Waals surface area contributed by atoms with Gasteiger partial charge in [0.15, 0.2) is 5.78 Å². The number of carbonyl (C=O) groups is 2. The van der Waals surface area contributed by atoms with Crippen LogP contribution < -0.4 is 4.74 Å². The van der Waals surface area contributed by atoms with E-state index in [0.717, 1.165) is 24.8 Å². The molecule has 1 aromatic rings. The quantitative estimate of drug-likeness (QED) is 0.220. The minimum atomic E-state index is -0.415. The predicted molar refractivity (Wildman–Crippen MR) is 88.3 cm³/mol. The van der Waals surface area contributed by atoms with Crippen LogP contribution in [0, 0.1) is 6.92 Å². The second-order valence-corrected chi connectivity index (χ2v) is 6.38. The van der Waals surface area contributed by atoms with Crippen LogP contribution in [0.5, 0.6) is 5.75 Å². The van der Waals surface area contributed by atoms with Crippen LogP contribution in [0.15, 0.2) is 18.2 Å². The molecule has 0 aliphatic carbocycles. The van der Waals surface area contributed by atoms with Crippen molar-refractivity contribution in [3.05, 3.63) is 29.3 Å². The largest absolute Gasteiger partial charge is 0.426 e. The first-order valence-electron chi connectivity index (χ1n) is 7.43. The average molecular weight is 355 g/mol. The Bertz CT molecular complexity index is 497. The van der Waals surface area contributed by atoms with Gasteiger partial charge in [-0.3, -0.25) is 9.59 Å². The molecule has 116 valence electrons. The molecule has 0 heterocycles. The number of carbonyl (C=O) groups excluding carboxylic acids is 2. The van der Waals surface area contributed by atoms with E-state index < -0.39 is 5.97 Å². The third-order valence-corrected chi connectivity index (χ3v) is 4.12. The molecule has 21 heavy (non-hydrogen) atoms. The number of halogens is 1. The molecule has 0 aliphatic rings. The van der Waals surface area contributed by atoms with E-state index in [4.69, 9.17) is 4.74 Å². The summed E-state index contributed by atoms with van der Waals surface area (Å²) in [7, 11) is 0. The third kappa shape index (κ3) is 6.00. The predicted octanol–water partition coefficient (Wildman–Crippen LogP) is 4.84. The van der Waals surface area contributed by atoms with Gasteiger partial charge >= 0.3 is 5.97 Å². The van der Waals surface area contributed by atoms with Crippen molar-refractivity contribution in [1.82, 2.24) is 0 Å². The van der Waals surface area contributed by atoms with Crippen molar-refractivity contribution >= 4 is 27.7 Å². The van der Waals surface area contributed by atoms with Gasteiger partial charge in [0.05, 0.1) is 10.4 Å². The highest BCUT2D eigenvalue weighted by Crippen LogP contribution is 2.25. The van der Waals surface area contributed by atoms with Gasteiger partial charge in [0.1, 0.15) is 5.75 Å². The molecule has 3 nitrogen and oxygen atoms in total. The molecule has 0 N–H and O–H groups in total. The molecule has 4 heteroatoms. The maximum Gasteiger partial charge on any atom is 0.308 e. The van der Waals surface area contributed by atoms with Gasteiger partial charge in [-0.15, -0.1) is 0 Å². The zero-order valence-corrected chi connectivity index (χ0v) is 14.5. The Balaban J connectivity index is 2.79. The zero-order chi connectivity index (χ0) is 15.8. The molecule has 0 saturated heterocycles. The lowest BCUT2D eigenvalue weighted by Crippen LogP contribution is -2.16. The van der Waals surface area contributed by atoms with Crippen molar-refractivity contribution in [2.75, 3.05) is 0 Å². The fourth-order valence-electron chi connectivity index (χ4n) is 2.13. The summed E-state index contributed by atoms with van der Waals surface area (Å²) in [5, 5.41) is 0. The Morgan fingerprint density at radius 2 is 1.95 bits per heavy atom. The molecular weight excluding hydrogens is 332 g/mol. The van der Waals surface area contributed by atoms with Crippen LogP contribution in [0.25, 0.3) is 0 Å². The van der Waals surface area contributed by atoms with Crippen molar-refractivity contribution in [3.63, 3.8) is 0 Å². The Morgan fingerprint density at radius 1 is 1.24 bits per heavy atom. The summed E-state index contributed by atoms with van der Waals surface area (Å²) in [6, 6.07) is 5.29. The number of Topliss-reactive ketones (excluding diaryl/α,β-unsaturated/α-hetero) is 1. The molecule has 0 bridgehead atoms. The summed E-state index contributed by atoms with van der Waals surface area (Å²) in [4.78, 5) is 23.4. The number of aryl methyl sites for hydroxylation is 1. The summed E-state index contributed by atoms with van der Waals surface area (Å²) >= 11 is 3.47. The van der Waals surface area contributed by atoms with E-state index in [-0.39, 0.29) is 10.6 Å². The summed E-state index contributed by atoms with van der Waals surface area (Å²) < 4.78 is 5.13. The van der Waals surface area contributed by atoms with Crippen LogP contribution in [-0.2, 0) is 4.79 Å². The number of hydrogen-bond donors (Lipinski definition) is 0. The van der Waals surface area contributed by atoms with Gasteiger partial charge in [-0.1, -0.05) is 60.2 Å². The average Bonchev–Trinajstić information content (AvgIpc) is 2.44. The van der Waals surface area contributed by atoms with Gasteiger partial charge in [0.2, 0.25) is 0 Å². The van der Waals surface area contributed by atoms with Crippen LogP contribution in [0.4, 0.5) is 0 Å². The van der Waals surface area contributed by atoms with Crippen molar-refractivity contribution < 1.29 is 14.3 Å². The van der Waals surface area contributed by atoms with Gasteiger partial charge in [0.25, 0.3) is 0 Å². The molecule has 0 saturated carbocycles. The number of benzene rings is 1. The third-order valence-electron chi connectivity index (χ3n) is 3.25. The lowest BCUT2D eigenvalue weighted by Gasteiger charge is -2.13. The van der Waals surface area contributed by atoms with Crippen molar-refractivity contribution in [2.45, 2.75) is 57.7 Å². The highest BCUT2D eigenvalue weighted by Gasteiger charge is 2.21. The van der Waals surface area contributed by atoms with Gasteiger partial charge in [-0.2, -0.15) is 0 Å². The Labute approximate surface area is 135 Å². The maximum absolute atomic E-state index is 12.5. The van der Waals surface area contributed by atoms with Crippen LogP contribution in [0.3, 0.4) is 0 Å². The van der Waals surface area contributed by atoms with E-state index in [1.807, 2.05) is 13.0 Å². The molecule has 0 aliphatic heterocycles. The monoisotopic (exact) mass is 354 g/mol. The fraction of sp³-hybridized carbons (Fsp3) is 0.529. The molecule has 0 radical (unpaired) electrons. The van der Waals surface area contributed by atoms with Crippen LogP contribution in [0.2, 0.25) is 0 Å². The molecule has 0 amide bonds. The summed E-state index contributed by atoms with van der Waals surface area (Å²) in [6.45, 7) is 5.41. The first-order chi connectivity index (χ1) is 9.95. The number of esters is 1. The topological polar surface area (TPSA) is 43.4 Å². The molecule has 1 unspecified atom stereocenters. The first kappa shape index (κ1) is 17.9. The molecule has 0 fully saturated rings. The lowest BCUT2D eigenvalue weighted by molar-refractivity contribution is -0.131. The number of ether oxygens (including phenoxy) is 1. The van der Waals surface area contributed by atoms with Gasteiger partial charge in [-0.05, 0) is 25.5 Å². The van der Waals surface area contributed by atoms with Crippen molar-refractivity contribution in [2.24, 2.45) is 0 Å². The van der Waals surface area contributed by atoms with Crippen LogP contribution in [0.1, 0.15) is 61.9 Å². The molecule has 1 rings (SSSR count). The molecular formula is C17H23BrO3. The standard InChI is InChI=1S/C17H23BrO3/c1-4-5-6-7-8-15(18)17(20)14-11-12(2)9-10-16(14)21-13(3)19/h9-11,15H,4-8H2,1-3H3. The Hall–Kier alpha value is -1.16. The normalized spacial score (nSPS) is 12.0. The van der Waals surface area contributed by atoms with E-state index in [1.165, 1.54) is 19.8 Å². The lowest BCUT2D eigenvalue weighted by atomic mass is 10.0. The maximum atomic E-state index is 12.5. The zero-order valence-electron chi connectivity index (χ0n) is 12.9. The number of alkyl halides is 1. The number of ketones is 1. The molecule has 0 aromatic heterocycles. The second-order valence-electron chi connectivity index (χ2n) is 5.27. The van der Waals surface area contributed by atoms with E-state index >= 15 is 0 Å². The Morgan fingerprint density at radius 3 is 2.57 bits per heavy atom. The number of hydrogen-bond acceptors (Lipinski definition) is 3. The van der Waals surface area contributed by atoms with E-state index in [0.29, 0.717) is 11.3 Å². The smallest absolute Gasteiger partial charge is 0.308 e. The van der Waals surface area contributed by atoms with Gasteiger partial charge < -0.3 is 4.74 Å². The molecule has 0 spiro atoms. The van der Waals surface area contributed by atoms with Crippen molar-refractivity contribution in [3.8, 4) is 5.75 Å². The highest BCUT2D eigenvalue weighted by molar-refractivity contribution is 9.10. The Kier molecular flexibility index (Phi) is 7.65. The first-order valence-corrected chi connectivity index (χ1v) is 8.34. The van der Waals surface area contributed by atoms with Crippen LogP contribution >= 0.6 is 15.9 Å². The second kappa shape index (κ2) is 8.98. The highest BCUT2D eigenvalue weighted by atomic mass is 79.9. The van der Waals surface area contributed by atoms with E-state index in [2.05, 4.69) is 22.9 Å². The van der Waals surface area contributed by atoms with Gasteiger partial charge in [0, 0.05) is 6.92 Å². The van der Waals surface area contributed by atoms with E-state index in [1.54, 1.807) is 12.1 Å².